The van der Waals surface area contributed by atoms with Crippen molar-refractivity contribution in [1.29, 1.82) is 0 Å². The normalized spacial score (nSPS) is 14.0. The topological polar surface area (TPSA) is 58.6 Å². The second kappa shape index (κ2) is 2.82. The molecule has 0 aromatic carbocycles. The Morgan fingerprint density at radius 1 is 1.67 bits per heavy atom. The summed E-state index contributed by atoms with van der Waals surface area (Å²) in [6.07, 6.45) is 0.628. The van der Waals surface area contributed by atoms with Crippen LogP contribution in [0.1, 0.15) is 27.2 Å². The van der Waals surface area contributed by atoms with Crippen LogP contribution in [0.25, 0.3) is 0 Å². The average Bonchev–Trinajstić information content (AvgIpc) is 1.62. The lowest BCUT2D eigenvalue weighted by Crippen LogP contribution is -2.33. The Balaban J connectivity index is 3.75. The first kappa shape index (κ1) is 8.43. The molecule has 0 aliphatic rings. The molecule has 0 aromatic heterocycles. The van der Waals surface area contributed by atoms with Crippen molar-refractivity contribution in [1.82, 2.24) is 0 Å². The van der Waals surface area contributed by atoms with Crippen molar-refractivity contribution < 1.29 is 5.21 Å². The van der Waals surface area contributed by atoms with Gasteiger partial charge in [0.2, 0.25) is 0 Å². The summed E-state index contributed by atoms with van der Waals surface area (Å²) in [7, 11) is 0. The molecule has 3 nitrogen and oxygen atoms in total. The molecule has 3 N–H and O–H groups in total. The highest BCUT2D eigenvalue weighted by Gasteiger charge is 2.11. The molecular formula is C6H14N2O. The largest absolute Gasteiger partial charge is 0.411 e. The second-order valence-electron chi connectivity index (χ2n) is 3.00. The van der Waals surface area contributed by atoms with Gasteiger partial charge < -0.3 is 10.9 Å². The van der Waals surface area contributed by atoms with Gasteiger partial charge in [0.05, 0.1) is 5.71 Å². The fourth-order valence-corrected chi connectivity index (χ4v) is 0.695. The molecule has 0 bridgehead atoms. The highest BCUT2D eigenvalue weighted by atomic mass is 16.4. The maximum absolute atomic E-state index is 8.23. The van der Waals surface area contributed by atoms with Crippen molar-refractivity contribution in [2.75, 3.05) is 0 Å². The summed E-state index contributed by atoms with van der Waals surface area (Å²) in [5, 5.41) is 11.2. The second-order valence-corrected chi connectivity index (χ2v) is 3.00. The van der Waals surface area contributed by atoms with E-state index in [9.17, 15) is 0 Å². The summed E-state index contributed by atoms with van der Waals surface area (Å²) in [6.45, 7) is 5.53. The summed E-state index contributed by atoms with van der Waals surface area (Å²) in [5.74, 6) is 0. The van der Waals surface area contributed by atoms with E-state index in [0.29, 0.717) is 12.1 Å². The molecule has 0 aliphatic carbocycles. The number of hydrogen-bond acceptors (Lipinski definition) is 3. The van der Waals surface area contributed by atoms with Crippen molar-refractivity contribution in [3.05, 3.63) is 0 Å². The van der Waals surface area contributed by atoms with Crippen LogP contribution < -0.4 is 5.73 Å². The molecule has 9 heavy (non-hydrogen) atoms. The Labute approximate surface area is 55.5 Å². The van der Waals surface area contributed by atoms with Gasteiger partial charge >= 0.3 is 0 Å². The predicted molar refractivity (Wildman–Crippen MR) is 37.8 cm³/mol. The van der Waals surface area contributed by atoms with Crippen LogP contribution in [0.5, 0.6) is 0 Å². The third kappa shape index (κ3) is 5.30. The van der Waals surface area contributed by atoms with Gasteiger partial charge in [-0.3, -0.25) is 0 Å². The zero-order valence-electron chi connectivity index (χ0n) is 6.18. The minimum Gasteiger partial charge on any atom is -0.411 e. The van der Waals surface area contributed by atoms with Gasteiger partial charge in [-0.15, -0.1) is 0 Å². The zero-order chi connectivity index (χ0) is 7.49. The maximum Gasteiger partial charge on any atom is 0.0558 e. The van der Waals surface area contributed by atoms with Gasteiger partial charge in [-0.2, -0.15) is 0 Å². The Hall–Kier alpha value is -0.570. The molecule has 54 valence electrons. The van der Waals surface area contributed by atoms with E-state index in [1.807, 2.05) is 13.8 Å². The maximum atomic E-state index is 8.23. The Kier molecular flexibility index (Phi) is 2.65. The molecule has 0 radical (unpaired) electrons. The third-order valence-corrected chi connectivity index (χ3v) is 0.882. The highest BCUT2D eigenvalue weighted by molar-refractivity contribution is 5.82. The van der Waals surface area contributed by atoms with E-state index in [0.717, 1.165) is 0 Å². The molecular weight excluding hydrogens is 116 g/mol. The van der Waals surface area contributed by atoms with Crippen molar-refractivity contribution >= 4 is 5.71 Å². The van der Waals surface area contributed by atoms with Crippen molar-refractivity contribution in [2.45, 2.75) is 32.7 Å². The number of rotatable bonds is 2. The van der Waals surface area contributed by atoms with Crippen molar-refractivity contribution in [3.63, 3.8) is 0 Å². The van der Waals surface area contributed by atoms with Crippen LogP contribution in [0, 0.1) is 0 Å². The smallest absolute Gasteiger partial charge is 0.0558 e. The van der Waals surface area contributed by atoms with E-state index in [-0.39, 0.29) is 5.54 Å². The van der Waals surface area contributed by atoms with Crippen LogP contribution >= 0.6 is 0 Å². The van der Waals surface area contributed by atoms with Gasteiger partial charge in [-0.1, -0.05) is 5.16 Å². The van der Waals surface area contributed by atoms with Crippen LogP contribution in [-0.2, 0) is 0 Å². The predicted octanol–water partition coefficient (Wildman–Crippen LogP) is 0.964. The molecule has 3 heteroatoms. The zero-order valence-corrected chi connectivity index (χ0v) is 6.18. The lowest BCUT2D eigenvalue weighted by atomic mass is 10.00. The van der Waals surface area contributed by atoms with Gasteiger partial charge in [-0.25, -0.2) is 0 Å². The van der Waals surface area contributed by atoms with Crippen LogP contribution in [0.2, 0.25) is 0 Å². The summed E-state index contributed by atoms with van der Waals surface area (Å²) >= 11 is 0. The fourth-order valence-electron chi connectivity index (χ4n) is 0.695. The molecule has 0 amide bonds. The first-order valence-electron chi connectivity index (χ1n) is 2.92. The lowest BCUT2D eigenvalue weighted by Gasteiger charge is -2.16. The van der Waals surface area contributed by atoms with Crippen LogP contribution in [0.15, 0.2) is 5.16 Å². The monoisotopic (exact) mass is 130 g/mol. The first-order chi connectivity index (χ1) is 3.95. The van der Waals surface area contributed by atoms with Crippen molar-refractivity contribution in [3.8, 4) is 0 Å². The fraction of sp³-hybridized carbons (Fsp3) is 0.833. The molecule has 0 unspecified atom stereocenters. The number of nitrogens with two attached hydrogens (primary N) is 1. The molecule has 0 aromatic rings. The Morgan fingerprint density at radius 2 is 2.11 bits per heavy atom. The highest BCUT2D eigenvalue weighted by Crippen LogP contribution is 2.03. The quantitative estimate of drug-likeness (QED) is 0.332. The summed E-state index contributed by atoms with van der Waals surface area (Å²) in [5.41, 5.74) is 6.02. The van der Waals surface area contributed by atoms with Crippen LogP contribution in [-0.4, -0.2) is 16.5 Å². The molecule has 0 saturated heterocycles. The van der Waals surface area contributed by atoms with E-state index in [4.69, 9.17) is 10.9 Å². The summed E-state index contributed by atoms with van der Waals surface area (Å²) in [4.78, 5) is 0. The Morgan fingerprint density at radius 3 is 2.22 bits per heavy atom. The molecule has 0 rings (SSSR count). The molecule has 0 heterocycles. The summed E-state index contributed by atoms with van der Waals surface area (Å²) in [6, 6.07) is 0. The lowest BCUT2D eigenvalue weighted by molar-refractivity contribution is 0.315. The Bertz CT molecular complexity index is 113. The minimum atomic E-state index is -0.268. The standard InChI is InChI=1S/C6H14N2O/c1-5(8-9)4-6(2,3)7/h9H,4,7H2,1-3H3. The molecule has 0 aliphatic heterocycles. The van der Waals surface area contributed by atoms with Crippen LogP contribution in [0.3, 0.4) is 0 Å². The van der Waals surface area contributed by atoms with Crippen molar-refractivity contribution in [2.24, 2.45) is 10.9 Å². The molecule has 0 fully saturated rings. The number of hydrogen-bond donors (Lipinski definition) is 2. The van der Waals surface area contributed by atoms with E-state index in [2.05, 4.69) is 5.16 Å². The van der Waals surface area contributed by atoms with Gasteiger partial charge in [0, 0.05) is 12.0 Å². The molecule has 0 saturated carbocycles. The molecule has 0 atom stereocenters. The van der Waals surface area contributed by atoms with Crippen LogP contribution in [0.4, 0.5) is 0 Å². The van der Waals surface area contributed by atoms with Gasteiger partial charge in [0.15, 0.2) is 0 Å². The molecule has 0 spiro atoms. The SMILES string of the molecule is CC(CC(C)(C)N)=NO. The van der Waals surface area contributed by atoms with E-state index in [1.165, 1.54) is 0 Å². The van der Waals surface area contributed by atoms with E-state index >= 15 is 0 Å². The van der Waals surface area contributed by atoms with Gasteiger partial charge in [0.25, 0.3) is 0 Å². The van der Waals surface area contributed by atoms with E-state index < -0.39 is 0 Å². The minimum absolute atomic E-state index is 0.268. The van der Waals surface area contributed by atoms with Gasteiger partial charge in [-0.05, 0) is 20.8 Å². The summed E-state index contributed by atoms with van der Waals surface area (Å²) < 4.78 is 0. The average molecular weight is 130 g/mol. The van der Waals surface area contributed by atoms with E-state index in [1.54, 1.807) is 6.92 Å². The first-order valence-corrected chi connectivity index (χ1v) is 2.92. The van der Waals surface area contributed by atoms with Gasteiger partial charge in [0.1, 0.15) is 0 Å². The number of oxime groups is 1. The number of nitrogens with zero attached hydrogens (tertiary/aromatic N) is 1. The third-order valence-electron chi connectivity index (χ3n) is 0.882.